The third-order valence-corrected chi connectivity index (χ3v) is 14.6. The largest absolute Gasteiger partial charge is 0.359 e. The number of hydrogen-bond donors (Lipinski definition) is 1. The van der Waals surface area contributed by atoms with Crippen molar-refractivity contribution in [2.24, 2.45) is 4.99 Å². The van der Waals surface area contributed by atoms with Crippen LogP contribution in [0.4, 0.5) is 0 Å². The predicted octanol–water partition coefficient (Wildman–Crippen LogP) is 14.9. The van der Waals surface area contributed by atoms with E-state index >= 15 is 0 Å². The van der Waals surface area contributed by atoms with Gasteiger partial charge in [-0.2, -0.15) is 0 Å². The fourth-order valence-electron chi connectivity index (χ4n) is 11.6. The summed E-state index contributed by atoms with van der Waals surface area (Å²) in [7, 11) is 0. The van der Waals surface area contributed by atoms with Crippen LogP contribution < -0.4 is 5.32 Å². The summed E-state index contributed by atoms with van der Waals surface area (Å²) in [4.78, 5) is 5.30. The van der Waals surface area contributed by atoms with Gasteiger partial charge in [-0.05, 0) is 117 Å². The maximum Gasteiger partial charge on any atom is 0.134 e. The number of nitrogens with one attached hydrogen (secondary N) is 1. The van der Waals surface area contributed by atoms with E-state index in [-0.39, 0.29) is 11.5 Å². The molecule has 2 heteroatoms. The van der Waals surface area contributed by atoms with Crippen LogP contribution >= 0.6 is 0 Å². The summed E-state index contributed by atoms with van der Waals surface area (Å²) in [5.74, 6) is 0.870. The van der Waals surface area contributed by atoms with E-state index in [0.717, 1.165) is 22.7 Å². The van der Waals surface area contributed by atoms with Crippen LogP contribution in [-0.2, 0) is 10.8 Å². The summed E-state index contributed by atoms with van der Waals surface area (Å²) in [6.07, 6.45) is 2.27. The standard InChI is InChI=1S/C62H44N2/c1-61(2)54-24-12-14-26-56(54)62(57-27-15-13-25-55(57)61)52-23-11-10-22-49(52)51-36-42(33-35-53(51)62)39-28-30-41(31-29-39)59-38-58(40-16-4-3-5-17-40)63-60(64-59)43-32-34-48-46-20-7-6-18-44(46)45-19-8-9-21-47(45)50(48)37-43/h3-38,59H,1-2H3,(H,63,64). The first-order valence-electron chi connectivity index (χ1n) is 22.5. The molecule has 1 aliphatic heterocycles. The van der Waals surface area contributed by atoms with Gasteiger partial charge in [-0.1, -0.05) is 214 Å². The molecule has 1 heterocycles. The Morgan fingerprint density at radius 1 is 0.375 bits per heavy atom. The summed E-state index contributed by atoms with van der Waals surface area (Å²) < 4.78 is 0. The lowest BCUT2D eigenvalue weighted by atomic mass is 9.55. The first-order chi connectivity index (χ1) is 31.5. The molecule has 2 aliphatic carbocycles. The number of aliphatic imine (C=N–C) groups is 1. The second kappa shape index (κ2) is 13.8. The smallest absolute Gasteiger partial charge is 0.134 e. The maximum absolute atomic E-state index is 5.30. The van der Waals surface area contributed by atoms with Crippen molar-refractivity contribution >= 4 is 43.9 Å². The van der Waals surface area contributed by atoms with E-state index in [2.05, 4.69) is 238 Å². The second-order valence-electron chi connectivity index (χ2n) is 18.2. The zero-order chi connectivity index (χ0) is 42.6. The van der Waals surface area contributed by atoms with Gasteiger partial charge in [0.15, 0.2) is 0 Å². The normalized spacial score (nSPS) is 16.4. The van der Waals surface area contributed by atoms with Gasteiger partial charge in [0.05, 0.1) is 17.2 Å². The van der Waals surface area contributed by atoms with Gasteiger partial charge in [-0.3, -0.25) is 0 Å². The lowest BCUT2D eigenvalue weighted by Crippen LogP contribution is -2.40. The number of nitrogens with zero attached hydrogens (tertiary/aromatic N) is 1. The fraction of sp³-hybridized carbons (Fsp3) is 0.0806. The first-order valence-corrected chi connectivity index (χ1v) is 22.5. The molecule has 0 saturated heterocycles. The van der Waals surface area contributed by atoms with Crippen molar-refractivity contribution in [3.8, 4) is 22.3 Å². The molecule has 13 rings (SSSR count). The number of benzene rings is 10. The van der Waals surface area contributed by atoms with E-state index in [1.807, 2.05) is 0 Å². The van der Waals surface area contributed by atoms with Gasteiger partial charge < -0.3 is 5.32 Å². The summed E-state index contributed by atoms with van der Waals surface area (Å²) in [5.41, 5.74) is 17.1. The molecule has 10 aromatic rings. The molecular formula is C62H44N2. The molecule has 0 amide bonds. The molecule has 0 saturated carbocycles. The van der Waals surface area contributed by atoms with Crippen molar-refractivity contribution in [2.45, 2.75) is 30.7 Å². The van der Waals surface area contributed by atoms with Crippen molar-refractivity contribution in [1.82, 2.24) is 5.32 Å². The highest BCUT2D eigenvalue weighted by Gasteiger charge is 2.53. The van der Waals surface area contributed by atoms with Crippen molar-refractivity contribution < 1.29 is 0 Å². The quantitative estimate of drug-likeness (QED) is 0.176. The van der Waals surface area contributed by atoms with Gasteiger partial charge in [0.2, 0.25) is 0 Å². The van der Waals surface area contributed by atoms with E-state index in [1.54, 1.807) is 0 Å². The molecule has 0 aromatic heterocycles. The molecule has 1 N–H and O–H groups in total. The minimum Gasteiger partial charge on any atom is -0.359 e. The van der Waals surface area contributed by atoms with Gasteiger partial charge in [-0.25, -0.2) is 4.99 Å². The fourth-order valence-corrected chi connectivity index (χ4v) is 11.6. The molecular weight excluding hydrogens is 773 g/mol. The third-order valence-electron chi connectivity index (χ3n) is 14.6. The Hall–Kier alpha value is -7.81. The second-order valence-corrected chi connectivity index (χ2v) is 18.2. The third kappa shape index (κ3) is 5.23. The van der Waals surface area contributed by atoms with E-state index in [9.17, 15) is 0 Å². The Morgan fingerprint density at radius 3 is 1.53 bits per heavy atom. The monoisotopic (exact) mass is 816 g/mol. The van der Waals surface area contributed by atoms with Crippen molar-refractivity contribution in [1.29, 1.82) is 0 Å². The molecule has 1 unspecified atom stereocenters. The Bertz CT molecular complexity index is 3520. The average molecular weight is 817 g/mol. The molecule has 64 heavy (non-hydrogen) atoms. The highest BCUT2D eigenvalue weighted by Crippen LogP contribution is 2.62. The van der Waals surface area contributed by atoms with Crippen molar-refractivity contribution in [2.75, 3.05) is 0 Å². The van der Waals surface area contributed by atoms with Crippen LogP contribution in [0, 0.1) is 0 Å². The number of hydrogen-bond acceptors (Lipinski definition) is 2. The minimum atomic E-state index is -0.391. The van der Waals surface area contributed by atoms with E-state index in [4.69, 9.17) is 4.99 Å². The summed E-state index contributed by atoms with van der Waals surface area (Å²) in [5, 5.41) is 11.4. The lowest BCUT2D eigenvalue weighted by Gasteiger charge is -2.46. The van der Waals surface area contributed by atoms with Crippen molar-refractivity contribution in [3.63, 3.8) is 0 Å². The molecule has 0 bridgehead atoms. The van der Waals surface area contributed by atoms with Gasteiger partial charge in [-0.15, -0.1) is 0 Å². The van der Waals surface area contributed by atoms with Crippen LogP contribution in [-0.4, -0.2) is 5.84 Å². The van der Waals surface area contributed by atoms with Crippen LogP contribution in [0.2, 0.25) is 0 Å². The zero-order valence-electron chi connectivity index (χ0n) is 35.8. The SMILES string of the molecule is CC1(C)c2ccccc2C2(c3ccccc3-c3cc(-c4ccc(C5C=C(c6ccccc6)N=C(c6ccc7c8ccccc8c8ccccc8c7c6)N5)cc4)ccc32)c2ccccc21. The van der Waals surface area contributed by atoms with Crippen LogP contribution in [0.5, 0.6) is 0 Å². The van der Waals surface area contributed by atoms with Gasteiger partial charge >= 0.3 is 0 Å². The summed E-state index contributed by atoms with van der Waals surface area (Å²) in [6.45, 7) is 4.76. The topological polar surface area (TPSA) is 24.4 Å². The summed E-state index contributed by atoms with van der Waals surface area (Å²) in [6, 6.07) is 78.6. The molecule has 302 valence electrons. The number of amidine groups is 1. The van der Waals surface area contributed by atoms with E-state index in [0.29, 0.717) is 0 Å². The van der Waals surface area contributed by atoms with Gasteiger partial charge in [0.25, 0.3) is 0 Å². The Balaban J connectivity index is 0.895. The van der Waals surface area contributed by atoms with Crippen LogP contribution in [0.1, 0.15) is 70.0 Å². The minimum absolute atomic E-state index is 0.0803. The zero-order valence-corrected chi connectivity index (χ0v) is 35.8. The van der Waals surface area contributed by atoms with E-state index < -0.39 is 5.41 Å². The lowest BCUT2D eigenvalue weighted by molar-refractivity contribution is 0.563. The molecule has 10 aromatic carbocycles. The van der Waals surface area contributed by atoms with E-state index in [1.165, 1.54) is 93.5 Å². The van der Waals surface area contributed by atoms with Crippen LogP contribution in [0.3, 0.4) is 0 Å². The highest BCUT2D eigenvalue weighted by molar-refractivity contribution is 6.26. The molecule has 2 nitrogen and oxygen atoms in total. The average Bonchev–Trinajstić information content (AvgIpc) is 3.66. The molecule has 0 radical (unpaired) electrons. The Kier molecular flexibility index (Phi) is 7.96. The van der Waals surface area contributed by atoms with Gasteiger partial charge in [0, 0.05) is 11.0 Å². The Labute approximate surface area is 373 Å². The Morgan fingerprint density at radius 2 is 0.875 bits per heavy atom. The maximum atomic E-state index is 5.30. The number of rotatable bonds is 4. The van der Waals surface area contributed by atoms with Crippen LogP contribution in [0.25, 0.3) is 60.3 Å². The summed E-state index contributed by atoms with van der Waals surface area (Å²) >= 11 is 0. The predicted molar refractivity (Wildman–Crippen MR) is 267 cm³/mol. The van der Waals surface area contributed by atoms with Gasteiger partial charge in [0.1, 0.15) is 5.84 Å². The van der Waals surface area contributed by atoms with Crippen LogP contribution in [0.15, 0.2) is 223 Å². The first kappa shape index (κ1) is 36.8. The molecule has 1 atom stereocenters. The number of fused-ring (bicyclic) bond motifs is 15. The molecule has 1 spiro atoms. The molecule has 3 aliphatic rings. The highest BCUT2D eigenvalue weighted by atomic mass is 15.0. The molecule has 0 fully saturated rings. The van der Waals surface area contributed by atoms with Crippen molar-refractivity contribution in [3.05, 3.63) is 268 Å².